The number of benzene rings is 4. The molecule has 0 aliphatic heterocycles. The first-order valence-electron chi connectivity index (χ1n) is 14.8. The van der Waals surface area contributed by atoms with Gasteiger partial charge in [0.1, 0.15) is 0 Å². The molecule has 4 heterocycles. The molecule has 0 spiro atoms. The minimum atomic E-state index is 0. The maximum Gasteiger partial charge on any atom is 0.0894 e. The molecule has 0 saturated heterocycles. The summed E-state index contributed by atoms with van der Waals surface area (Å²) in [5, 5.41) is 2.26. The van der Waals surface area contributed by atoms with Gasteiger partial charge in [-0.15, -0.1) is 29.8 Å². The van der Waals surface area contributed by atoms with E-state index in [1.807, 2.05) is 140 Å². The molecule has 4 aromatic carbocycles. The van der Waals surface area contributed by atoms with E-state index in [0.717, 1.165) is 50.5 Å². The molecule has 48 heavy (non-hydrogen) atoms. The number of pyridine rings is 4. The van der Waals surface area contributed by atoms with Gasteiger partial charge in [-0.25, -0.2) is 34.1 Å². The maximum absolute atomic E-state index is 4.59. The number of nitrogens with zero attached hydrogens (tertiary/aromatic N) is 4. The first-order chi connectivity index (χ1) is 22.8. The molecule has 4 nitrogen and oxygen atoms in total. The van der Waals surface area contributed by atoms with Crippen LogP contribution in [0.15, 0.2) is 170 Å². The van der Waals surface area contributed by atoms with Crippen molar-refractivity contribution in [2.75, 3.05) is 0 Å². The Labute approximate surface area is 310 Å². The zero-order chi connectivity index (χ0) is 31.2. The van der Waals surface area contributed by atoms with Gasteiger partial charge in [-0.1, -0.05) is 36.4 Å². The second-order valence-electron chi connectivity index (χ2n) is 9.98. The van der Waals surface area contributed by atoms with Crippen molar-refractivity contribution < 1.29 is 42.1 Å². The van der Waals surface area contributed by atoms with E-state index < -0.39 is 0 Å². The Balaban J connectivity index is 0.000000166. The van der Waals surface area contributed by atoms with Crippen molar-refractivity contribution in [1.29, 1.82) is 0 Å². The monoisotopic (exact) mass is 978 g/mol. The van der Waals surface area contributed by atoms with Crippen molar-refractivity contribution in [2.45, 2.75) is 0 Å². The Kier molecular flexibility index (Phi) is 14.3. The maximum atomic E-state index is 4.59. The molecule has 240 valence electrons. The van der Waals surface area contributed by atoms with Gasteiger partial charge >= 0.3 is 0 Å². The fraction of sp³-hybridized carbons (Fsp3) is 0. The van der Waals surface area contributed by atoms with Gasteiger partial charge in [-0.2, -0.15) is 48.0 Å². The minimum Gasteiger partial charge on any atom is -0.295 e. The fourth-order valence-corrected chi connectivity index (χ4v) is 4.60. The van der Waals surface area contributed by atoms with E-state index in [1.54, 1.807) is 18.6 Å². The van der Waals surface area contributed by atoms with Crippen molar-refractivity contribution in [2.24, 2.45) is 0 Å². The largest absolute Gasteiger partial charge is 0.295 e. The van der Waals surface area contributed by atoms with Crippen LogP contribution in [0.5, 0.6) is 0 Å². The third kappa shape index (κ3) is 10.1. The Morgan fingerprint density at radius 1 is 0.354 bits per heavy atom. The number of aromatic nitrogens is 4. The fourth-order valence-electron chi connectivity index (χ4n) is 4.60. The smallest absolute Gasteiger partial charge is 0.0894 e. The molecule has 0 aliphatic rings. The van der Waals surface area contributed by atoms with Crippen LogP contribution < -0.4 is 0 Å². The zero-order valence-electron chi connectivity index (χ0n) is 25.6. The normalized spacial score (nSPS) is 9.75. The average molecular weight is 979 g/mol. The molecular weight excluding hydrogens is 951 g/mol. The molecule has 0 saturated carbocycles. The van der Waals surface area contributed by atoms with Crippen molar-refractivity contribution in [3.05, 3.63) is 195 Å². The van der Waals surface area contributed by atoms with Crippen molar-refractivity contribution in [1.82, 2.24) is 19.9 Å². The molecule has 0 radical (unpaired) electrons. The summed E-state index contributed by atoms with van der Waals surface area (Å²) in [5.41, 5.74) is 7.50. The van der Waals surface area contributed by atoms with Gasteiger partial charge in [0.2, 0.25) is 0 Å². The van der Waals surface area contributed by atoms with Gasteiger partial charge in [0.05, 0.1) is 22.8 Å². The molecule has 6 heteroatoms. The van der Waals surface area contributed by atoms with Gasteiger partial charge in [-0.05, 0) is 42.5 Å². The number of hydrogen-bond acceptors (Lipinski definition) is 4. The van der Waals surface area contributed by atoms with Crippen LogP contribution in [0.2, 0.25) is 0 Å². The summed E-state index contributed by atoms with van der Waals surface area (Å²) in [6.45, 7) is 0. The summed E-state index contributed by atoms with van der Waals surface area (Å²) in [4.78, 5) is 17.5. The average Bonchev–Trinajstić information content (AvgIpc) is 3.17. The molecule has 0 unspecified atom stereocenters. The van der Waals surface area contributed by atoms with E-state index in [2.05, 4.69) is 56.3 Å². The van der Waals surface area contributed by atoms with Crippen LogP contribution in [-0.4, -0.2) is 19.9 Å². The summed E-state index contributed by atoms with van der Waals surface area (Å²) in [6.07, 6.45) is 5.33. The van der Waals surface area contributed by atoms with E-state index in [0.29, 0.717) is 0 Å². The van der Waals surface area contributed by atoms with Crippen LogP contribution in [0.3, 0.4) is 0 Å². The van der Waals surface area contributed by atoms with Crippen LogP contribution in [0.1, 0.15) is 0 Å². The standard InChI is InChI=1S/C17H11N.C15H11N3.C10H6.2Pt/c1-2-7-14(8-3-1)15-9-6-10-16(13-15)17-11-4-5-12-18-17;1-3-10-16-12(6-1)14-8-5-9-15(18-14)13-7-2-4-11-17-13;1-2-6-10-8-4-3-7-9(10)5-1;;/h1-7,9-12H;1-11H;1-5,7H;;/q-2;;-2;;. The minimum absolute atomic E-state index is 0. The van der Waals surface area contributed by atoms with E-state index in [1.165, 1.54) is 5.39 Å². The van der Waals surface area contributed by atoms with E-state index in [-0.39, 0.29) is 42.1 Å². The summed E-state index contributed by atoms with van der Waals surface area (Å²) in [5.74, 6) is 0. The van der Waals surface area contributed by atoms with Gasteiger partial charge in [-0.3, -0.25) is 32.5 Å². The molecule has 8 aromatic rings. The molecule has 0 N–H and O–H groups in total. The molecule has 0 bridgehead atoms. The summed E-state index contributed by atoms with van der Waals surface area (Å²) < 4.78 is 0. The molecular formula is C42H28N4Pt2-4. The Morgan fingerprint density at radius 3 is 1.35 bits per heavy atom. The molecule has 8 rings (SSSR count). The van der Waals surface area contributed by atoms with E-state index >= 15 is 0 Å². The summed E-state index contributed by atoms with van der Waals surface area (Å²) in [7, 11) is 0. The number of hydrogen-bond donors (Lipinski definition) is 0. The summed E-state index contributed by atoms with van der Waals surface area (Å²) in [6, 6.07) is 62.0. The number of rotatable bonds is 4. The first kappa shape index (κ1) is 36.0. The van der Waals surface area contributed by atoms with E-state index in [4.69, 9.17) is 0 Å². The molecule has 0 fully saturated rings. The topological polar surface area (TPSA) is 51.6 Å². The second-order valence-corrected chi connectivity index (χ2v) is 9.98. The van der Waals surface area contributed by atoms with Crippen molar-refractivity contribution >= 4 is 10.8 Å². The van der Waals surface area contributed by atoms with Crippen LogP contribution in [-0.2, 0) is 42.1 Å². The van der Waals surface area contributed by atoms with Crippen LogP contribution >= 0.6 is 0 Å². The first-order valence-corrected chi connectivity index (χ1v) is 14.8. The zero-order valence-corrected chi connectivity index (χ0v) is 30.1. The molecule has 0 aliphatic carbocycles. The SMILES string of the molecule is [Pt].[Pt].[c-]1cccc2ccc[c-]c12.[c-]1ccccc1-c1[c-]c(-c2ccccn2)ccc1.c1ccc(-c2cccc(-c3ccccn3)n2)nc1. The Bertz CT molecular complexity index is 1800. The number of fused-ring (bicyclic) bond motifs is 1. The quantitative estimate of drug-likeness (QED) is 0.165. The third-order valence-electron chi connectivity index (χ3n) is 6.83. The van der Waals surface area contributed by atoms with Crippen molar-refractivity contribution in [3.8, 4) is 45.2 Å². The Morgan fingerprint density at radius 2 is 0.833 bits per heavy atom. The predicted octanol–water partition coefficient (Wildman–Crippen LogP) is 9.66. The van der Waals surface area contributed by atoms with Crippen LogP contribution in [0.25, 0.3) is 55.9 Å². The van der Waals surface area contributed by atoms with Gasteiger partial charge < -0.3 is 0 Å². The summed E-state index contributed by atoms with van der Waals surface area (Å²) >= 11 is 0. The second kappa shape index (κ2) is 19.1. The molecule has 0 atom stereocenters. The Hall–Kier alpha value is -4.88. The van der Waals surface area contributed by atoms with Crippen molar-refractivity contribution in [3.63, 3.8) is 0 Å². The third-order valence-corrected chi connectivity index (χ3v) is 6.83. The van der Waals surface area contributed by atoms with E-state index in [9.17, 15) is 0 Å². The van der Waals surface area contributed by atoms with Gasteiger partial charge in [0.15, 0.2) is 0 Å². The van der Waals surface area contributed by atoms with Gasteiger partial charge in [0, 0.05) is 66.4 Å². The van der Waals surface area contributed by atoms with Crippen LogP contribution in [0.4, 0.5) is 0 Å². The molecule has 4 aromatic heterocycles. The molecule has 0 amide bonds. The van der Waals surface area contributed by atoms with Crippen LogP contribution in [0, 0.1) is 24.3 Å². The predicted molar refractivity (Wildman–Crippen MR) is 185 cm³/mol. The van der Waals surface area contributed by atoms with Gasteiger partial charge in [0.25, 0.3) is 0 Å².